The average Bonchev–Trinajstić information content (AvgIpc) is 2.24. The van der Waals surface area contributed by atoms with Crippen LogP contribution in [0.4, 0.5) is 0 Å². The summed E-state index contributed by atoms with van der Waals surface area (Å²) in [6.45, 7) is 4.25. The van der Waals surface area contributed by atoms with Crippen LogP contribution in [0.2, 0.25) is 0 Å². The Morgan fingerprint density at radius 3 is 2.21 bits per heavy atom. The molecule has 0 unspecified atom stereocenters. The van der Waals surface area contributed by atoms with E-state index in [-0.39, 0.29) is 17.9 Å². The summed E-state index contributed by atoms with van der Waals surface area (Å²) in [5.74, 6) is 0. The van der Waals surface area contributed by atoms with Crippen LogP contribution in [0.1, 0.15) is 34.8 Å². The van der Waals surface area contributed by atoms with Crippen molar-refractivity contribution < 1.29 is 0 Å². The van der Waals surface area contributed by atoms with Crippen LogP contribution in [0.15, 0.2) is 0 Å². The van der Waals surface area contributed by atoms with Gasteiger partial charge in [0.05, 0.1) is 10.7 Å². The Labute approximate surface area is 94.3 Å². The van der Waals surface area contributed by atoms with E-state index in [9.17, 15) is 0 Å². The molecule has 14 heavy (non-hydrogen) atoms. The zero-order valence-corrected chi connectivity index (χ0v) is 10.1. The van der Waals surface area contributed by atoms with E-state index in [1.54, 1.807) is 0 Å². The second-order valence-electron chi connectivity index (χ2n) is 4.83. The predicted molar refractivity (Wildman–Crippen MR) is 61.3 cm³/mol. The fourth-order valence-corrected chi connectivity index (χ4v) is 3.89. The topological polar surface area (TPSA) is 38.9 Å². The van der Waals surface area contributed by atoms with Gasteiger partial charge in [-0.15, -0.1) is 23.7 Å². The van der Waals surface area contributed by atoms with Crippen molar-refractivity contribution in [3.05, 3.63) is 15.6 Å². The van der Waals surface area contributed by atoms with E-state index in [0.29, 0.717) is 5.41 Å². The number of hydrogen-bond donors (Lipinski definition) is 1. The smallest absolute Gasteiger partial charge is 0.0994 e. The molecule has 0 atom stereocenters. The van der Waals surface area contributed by atoms with Crippen molar-refractivity contribution in [3.63, 3.8) is 0 Å². The number of thiazole rings is 1. The van der Waals surface area contributed by atoms with Gasteiger partial charge in [-0.3, -0.25) is 0 Å². The number of nitrogens with zero attached hydrogens (tertiary/aromatic N) is 1. The fraction of sp³-hybridized carbons (Fsp3) is 0.700. The van der Waals surface area contributed by atoms with E-state index in [2.05, 4.69) is 18.8 Å². The van der Waals surface area contributed by atoms with E-state index in [1.165, 1.54) is 34.8 Å². The van der Waals surface area contributed by atoms with E-state index in [4.69, 9.17) is 5.73 Å². The van der Waals surface area contributed by atoms with Gasteiger partial charge in [0.2, 0.25) is 0 Å². The summed E-state index contributed by atoms with van der Waals surface area (Å²) in [6.07, 6.45) is 3.52. The van der Waals surface area contributed by atoms with Crippen molar-refractivity contribution in [2.24, 2.45) is 5.73 Å². The van der Waals surface area contributed by atoms with Crippen molar-refractivity contribution in [1.29, 1.82) is 0 Å². The Kier molecular flexibility index (Phi) is 2.02. The van der Waals surface area contributed by atoms with Crippen LogP contribution in [-0.2, 0) is 5.41 Å². The third kappa shape index (κ3) is 1.09. The molecule has 2 nitrogen and oxygen atoms in total. The van der Waals surface area contributed by atoms with Crippen molar-refractivity contribution in [2.75, 3.05) is 0 Å². The maximum absolute atomic E-state index is 6.03. The van der Waals surface area contributed by atoms with Gasteiger partial charge in [-0.2, -0.15) is 0 Å². The Balaban J connectivity index is 0.000000750. The summed E-state index contributed by atoms with van der Waals surface area (Å²) in [7, 11) is 0. The number of hydrogen-bond acceptors (Lipinski definition) is 3. The van der Waals surface area contributed by atoms with Gasteiger partial charge in [0.25, 0.3) is 0 Å². The zero-order chi connectivity index (χ0) is 9.27. The molecule has 3 fully saturated rings. The second kappa shape index (κ2) is 2.71. The quantitative estimate of drug-likeness (QED) is 0.804. The molecule has 3 aliphatic carbocycles. The maximum Gasteiger partial charge on any atom is 0.0994 e. The van der Waals surface area contributed by atoms with Gasteiger partial charge >= 0.3 is 0 Å². The van der Waals surface area contributed by atoms with E-state index in [0.717, 1.165) is 0 Å². The molecule has 2 bridgehead atoms. The van der Waals surface area contributed by atoms with Crippen LogP contribution in [-0.4, -0.2) is 10.5 Å². The number of aromatic nitrogens is 1. The lowest BCUT2D eigenvalue weighted by Gasteiger charge is -2.68. The lowest BCUT2D eigenvalue weighted by Crippen LogP contribution is -2.74. The highest BCUT2D eigenvalue weighted by atomic mass is 35.5. The number of nitrogens with two attached hydrogens (primary N) is 1. The largest absolute Gasteiger partial charge is 0.325 e. The molecular weight excluding hydrogens is 216 g/mol. The molecule has 0 spiro atoms. The third-order valence-electron chi connectivity index (χ3n) is 3.55. The molecule has 1 aromatic rings. The van der Waals surface area contributed by atoms with Gasteiger partial charge in [-0.1, -0.05) is 0 Å². The van der Waals surface area contributed by atoms with Gasteiger partial charge in [0, 0.05) is 15.8 Å². The van der Waals surface area contributed by atoms with E-state index in [1.807, 2.05) is 11.3 Å². The number of halogens is 1. The van der Waals surface area contributed by atoms with Crippen LogP contribution in [0.3, 0.4) is 0 Å². The molecule has 1 heterocycles. The lowest BCUT2D eigenvalue weighted by molar-refractivity contribution is -0.0591. The van der Waals surface area contributed by atoms with Gasteiger partial charge < -0.3 is 5.73 Å². The minimum atomic E-state index is 0. The minimum Gasteiger partial charge on any atom is -0.325 e. The summed E-state index contributed by atoms with van der Waals surface area (Å²) < 4.78 is 0. The number of rotatable bonds is 1. The first kappa shape index (κ1) is 10.4. The zero-order valence-electron chi connectivity index (χ0n) is 8.46. The van der Waals surface area contributed by atoms with Gasteiger partial charge in [-0.25, -0.2) is 4.98 Å². The second-order valence-corrected chi connectivity index (χ2v) is 6.04. The van der Waals surface area contributed by atoms with Crippen molar-refractivity contribution in [2.45, 2.75) is 44.1 Å². The van der Waals surface area contributed by atoms with Crippen molar-refractivity contribution >= 4 is 23.7 Å². The molecule has 0 aliphatic heterocycles. The average molecular weight is 231 g/mol. The highest BCUT2D eigenvalue weighted by molar-refractivity contribution is 7.11. The summed E-state index contributed by atoms with van der Waals surface area (Å²) in [5.41, 5.74) is 7.85. The molecule has 0 amide bonds. The van der Waals surface area contributed by atoms with Crippen LogP contribution < -0.4 is 5.73 Å². The Hall–Kier alpha value is -0.120. The monoisotopic (exact) mass is 230 g/mol. The van der Waals surface area contributed by atoms with Gasteiger partial charge in [0.15, 0.2) is 0 Å². The fourth-order valence-electron chi connectivity index (χ4n) is 2.79. The van der Waals surface area contributed by atoms with Crippen LogP contribution in [0.25, 0.3) is 0 Å². The first-order valence-electron chi connectivity index (χ1n) is 4.77. The Bertz CT molecular complexity index is 346. The van der Waals surface area contributed by atoms with Crippen molar-refractivity contribution in [3.8, 4) is 0 Å². The first-order valence-corrected chi connectivity index (χ1v) is 5.58. The molecule has 0 aromatic carbocycles. The molecular formula is C10H15ClN2S. The molecule has 3 saturated carbocycles. The van der Waals surface area contributed by atoms with Crippen LogP contribution in [0, 0.1) is 13.8 Å². The highest BCUT2D eigenvalue weighted by Crippen LogP contribution is 2.66. The summed E-state index contributed by atoms with van der Waals surface area (Å²) >= 11 is 1.87. The SMILES string of the molecule is Cc1nc(C23CC(N)(C2)C3)sc1C.Cl. The Morgan fingerprint density at radius 1 is 1.29 bits per heavy atom. The standard InChI is InChI=1S/C10H14N2S.ClH/c1-6-7(2)13-8(12-6)9-3-10(11,4-9)5-9;/h3-5,11H2,1-2H3;1H. The van der Waals surface area contributed by atoms with Crippen molar-refractivity contribution in [1.82, 2.24) is 4.98 Å². The van der Waals surface area contributed by atoms with E-state index < -0.39 is 0 Å². The predicted octanol–water partition coefficient (Wildman–Crippen LogP) is 2.31. The summed E-state index contributed by atoms with van der Waals surface area (Å²) in [5, 5.41) is 1.34. The van der Waals surface area contributed by atoms with Crippen LogP contribution >= 0.6 is 23.7 Å². The first-order chi connectivity index (χ1) is 6.03. The molecule has 4 heteroatoms. The maximum atomic E-state index is 6.03. The Morgan fingerprint density at radius 2 is 1.86 bits per heavy atom. The van der Waals surface area contributed by atoms with E-state index >= 15 is 0 Å². The molecule has 0 radical (unpaired) electrons. The third-order valence-corrected chi connectivity index (χ3v) is 4.87. The minimum absolute atomic E-state index is 0. The highest BCUT2D eigenvalue weighted by Gasteiger charge is 2.67. The van der Waals surface area contributed by atoms with Gasteiger partial charge in [-0.05, 0) is 33.1 Å². The number of aryl methyl sites for hydroxylation is 2. The summed E-state index contributed by atoms with van der Waals surface area (Å²) in [4.78, 5) is 6.00. The molecule has 2 N–H and O–H groups in total. The molecule has 3 aliphatic rings. The molecule has 0 saturated heterocycles. The molecule has 78 valence electrons. The van der Waals surface area contributed by atoms with Crippen LogP contribution in [0.5, 0.6) is 0 Å². The normalized spacial score (nSPS) is 38.2. The summed E-state index contributed by atoms with van der Waals surface area (Å²) in [6, 6.07) is 0. The van der Waals surface area contributed by atoms with Gasteiger partial charge in [0.1, 0.15) is 0 Å². The molecule has 1 aromatic heterocycles. The molecule has 4 rings (SSSR count). The lowest BCUT2D eigenvalue weighted by atomic mass is 9.40.